The minimum Gasteiger partial charge on any atom is -0.493 e. The number of carboxylic acids is 2. The summed E-state index contributed by atoms with van der Waals surface area (Å²) >= 11 is 0. The van der Waals surface area contributed by atoms with Crippen LogP contribution in [0.1, 0.15) is 61.8 Å². The van der Waals surface area contributed by atoms with Crippen molar-refractivity contribution < 1.29 is 68.1 Å². The molecule has 14 nitrogen and oxygen atoms in total. The van der Waals surface area contributed by atoms with Crippen LogP contribution in [0.25, 0.3) is 0 Å². The third-order valence-electron chi connectivity index (χ3n) is 10.2. The van der Waals surface area contributed by atoms with Gasteiger partial charge in [-0.1, -0.05) is 43.3 Å². The van der Waals surface area contributed by atoms with E-state index in [0.717, 1.165) is 17.5 Å². The lowest BCUT2D eigenvalue weighted by atomic mass is 9.45. The summed E-state index contributed by atoms with van der Waals surface area (Å²) in [5.41, 5.74) is -0.201. The van der Waals surface area contributed by atoms with Gasteiger partial charge in [0.25, 0.3) is 0 Å². The van der Waals surface area contributed by atoms with E-state index in [1.807, 2.05) is 12.1 Å². The molecule has 0 radical (unpaired) electrons. The zero-order valence-corrected chi connectivity index (χ0v) is 26.7. The quantitative estimate of drug-likeness (QED) is 0.187. The topological polar surface area (TPSA) is 212 Å². The number of aliphatic hydroxyl groups excluding tert-OH is 1. The van der Waals surface area contributed by atoms with E-state index in [2.05, 4.69) is 6.92 Å². The number of aliphatic carboxylic acids is 2. The van der Waals surface area contributed by atoms with Crippen LogP contribution >= 0.6 is 0 Å². The highest BCUT2D eigenvalue weighted by Crippen LogP contribution is 2.68. The standard InChI is InChI=1S/C35H36O14/c1-17-10-12-34-27-19-8-9-22(45-2)29(27)49-30(34)23(11-13-35(34,44)20(17)14-19)46-32(42)21(36)15-26(39)48-28(18-6-4-3-5-7-18)33(43)47-24(31(40)41)16-25(37)38/h3-9,11,17,20-21,24,28,30,36,44H,10,12-16H2,1-2H3,(H,37,38)(H,40,41)/t17?,20-,21-,24+,28-,30-,34-,35+/m0/s1. The highest BCUT2D eigenvalue weighted by atomic mass is 16.6. The zero-order chi connectivity index (χ0) is 35.2. The first-order valence-corrected chi connectivity index (χ1v) is 15.9. The van der Waals surface area contributed by atoms with Gasteiger partial charge in [-0.05, 0) is 55.2 Å². The number of carbonyl (C=O) groups excluding carboxylic acids is 3. The molecule has 1 spiro atoms. The molecule has 260 valence electrons. The Bertz CT molecular complexity index is 1720. The fourth-order valence-corrected chi connectivity index (χ4v) is 7.99. The fourth-order valence-electron chi connectivity index (χ4n) is 7.99. The van der Waals surface area contributed by atoms with Crippen molar-refractivity contribution >= 4 is 29.8 Å². The van der Waals surface area contributed by atoms with Gasteiger partial charge in [0.2, 0.25) is 12.2 Å². The summed E-state index contributed by atoms with van der Waals surface area (Å²) in [6, 6.07) is 11.2. The van der Waals surface area contributed by atoms with Gasteiger partial charge >= 0.3 is 29.8 Å². The van der Waals surface area contributed by atoms with E-state index in [-0.39, 0.29) is 29.6 Å². The van der Waals surface area contributed by atoms with Crippen LogP contribution in [0, 0.1) is 11.8 Å². The average molecular weight is 681 g/mol. The Kier molecular flexibility index (Phi) is 8.88. The molecular weight excluding hydrogens is 644 g/mol. The van der Waals surface area contributed by atoms with Crippen LogP contribution in [0.2, 0.25) is 0 Å². The fraction of sp³-hybridized carbons (Fsp3) is 0.457. The smallest absolute Gasteiger partial charge is 0.353 e. The van der Waals surface area contributed by atoms with E-state index in [0.29, 0.717) is 24.3 Å². The number of carbonyl (C=O) groups is 5. The molecule has 2 bridgehead atoms. The number of hydrogen-bond acceptors (Lipinski definition) is 12. The van der Waals surface area contributed by atoms with E-state index >= 15 is 0 Å². The van der Waals surface area contributed by atoms with E-state index < -0.39 is 78.1 Å². The van der Waals surface area contributed by atoms with Crippen molar-refractivity contribution in [3.8, 4) is 11.5 Å². The van der Waals surface area contributed by atoms with E-state index in [1.165, 1.54) is 31.4 Å². The molecule has 1 saturated carbocycles. The van der Waals surface area contributed by atoms with Gasteiger partial charge in [-0.2, -0.15) is 0 Å². The van der Waals surface area contributed by atoms with Crippen LogP contribution in [0.5, 0.6) is 11.5 Å². The molecule has 14 heteroatoms. The summed E-state index contributed by atoms with van der Waals surface area (Å²) in [6.07, 6.45) is -5.14. The molecule has 49 heavy (non-hydrogen) atoms. The van der Waals surface area contributed by atoms with Crippen LogP contribution < -0.4 is 9.47 Å². The number of benzene rings is 2. The number of rotatable bonds is 12. The Morgan fingerprint density at radius 3 is 2.41 bits per heavy atom. The molecule has 0 aromatic heterocycles. The molecule has 8 atom stereocenters. The highest BCUT2D eigenvalue weighted by Gasteiger charge is 2.72. The Hall–Kier alpha value is -4.95. The van der Waals surface area contributed by atoms with Crippen LogP contribution in [-0.2, 0) is 50.0 Å². The predicted molar refractivity (Wildman–Crippen MR) is 164 cm³/mol. The monoisotopic (exact) mass is 680 g/mol. The second kappa shape index (κ2) is 12.8. The third kappa shape index (κ3) is 5.68. The van der Waals surface area contributed by atoms with E-state index in [4.69, 9.17) is 28.8 Å². The van der Waals surface area contributed by atoms with Gasteiger partial charge in [0.05, 0.1) is 31.0 Å². The zero-order valence-electron chi connectivity index (χ0n) is 26.7. The number of esters is 3. The lowest BCUT2D eigenvalue weighted by Crippen LogP contribution is -2.69. The second-order valence-electron chi connectivity index (χ2n) is 12.9. The van der Waals surface area contributed by atoms with Gasteiger partial charge in [0, 0.05) is 11.1 Å². The Morgan fingerprint density at radius 2 is 1.73 bits per heavy atom. The van der Waals surface area contributed by atoms with Gasteiger partial charge < -0.3 is 44.1 Å². The first-order chi connectivity index (χ1) is 23.3. The summed E-state index contributed by atoms with van der Waals surface area (Å²) in [5, 5.41) is 41.4. The third-order valence-corrected chi connectivity index (χ3v) is 10.2. The van der Waals surface area contributed by atoms with E-state index in [9.17, 15) is 39.3 Å². The molecule has 1 fully saturated rings. The Balaban J connectivity index is 1.19. The molecule has 6 rings (SSSR count). The molecule has 4 N–H and O–H groups in total. The molecule has 1 aliphatic heterocycles. The predicted octanol–water partition coefficient (Wildman–Crippen LogP) is 2.36. The molecule has 1 heterocycles. The van der Waals surface area contributed by atoms with Gasteiger partial charge in [-0.3, -0.25) is 9.59 Å². The molecule has 0 saturated heterocycles. The summed E-state index contributed by atoms with van der Waals surface area (Å²) in [6.45, 7) is 2.12. The maximum Gasteiger partial charge on any atom is 0.353 e. The van der Waals surface area contributed by atoms with Gasteiger partial charge in [-0.15, -0.1) is 0 Å². The first kappa shape index (κ1) is 33.9. The van der Waals surface area contributed by atoms with Crippen molar-refractivity contribution in [3.63, 3.8) is 0 Å². The summed E-state index contributed by atoms with van der Waals surface area (Å²) in [5.74, 6) is -5.91. The van der Waals surface area contributed by atoms with Gasteiger partial charge in [0.15, 0.2) is 23.7 Å². The van der Waals surface area contributed by atoms with E-state index in [1.54, 1.807) is 12.1 Å². The summed E-state index contributed by atoms with van der Waals surface area (Å²) in [7, 11) is 1.51. The highest BCUT2D eigenvalue weighted by molar-refractivity contribution is 5.87. The maximum atomic E-state index is 13.2. The SMILES string of the molecule is COc1ccc2c3c1O[C@H]1C(OC(=O)[C@@H](O)CC(=O)O[C@H](C(=O)O[C@H](CC(=O)O)C(=O)O)c4ccccc4)=CC[C@@]4(O)[C@@H](C2)C(C)CC[C@]314. The van der Waals surface area contributed by atoms with Crippen LogP contribution in [-0.4, -0.2) is 81.3 Å². The van der Waals surface area contributed by atoms with Gasteiger partial charge in [-0.25, -0.2) is 14.4 Å². The van der Waals surface area contributed by atoms with Crippen molar-refractivity contribution in [1.29, 1.82) is 0 Å². The molecule has 2 aromatic rings. The number of carboxylic acid groups (broad SMARTS) is 2. The Morgan fingerprint density at radius 1 is 1.00 bits per heavy atom. The van der Waals surface area contributed by atoms with Gasteiger partial charge in [0.1, 0.15) is 5.76 Å². The molecule has 1 unspecified atom stereocenters. The van der Waals surface area contributed by atoms with Crippen LogP contribution in [0.4, 0.5) is 0 Å². The largest absolute Gasteiger partial charge is 0.493 e. The molecule has 3 aliphatic carbocycles. The number of aliphatic hydroxyl groups is 2. The van der Waals surface area contributed by atoms with Crippen molar-refractivity contribution in [3.05, 3.63) is 71.0 Å². The van der Waals surface area contributed by atoms with Crippen molar-refractivity contribution in [2.24, 2.45) is 11.8 Å². The lowest BCUT2D eigenvalue weighted by Gasteiger charge is -2.61. The Labute approximate surface area is 280 Å². The number of ether oxygens (including phenoxy) is 5. The van der Waals surface area contributed by atoms with Crippen molar-refractivity contribution in [1.82, 2.24) is 0 Å². The molecule has 0 amide bonds. The first-order valence-electron chi connectivity index (χ1n) is 15.9. The lowest BCUT2D eigenvalue weighted by molar-refractivity contribution is -0.181. The maximum absolute atomic E-state index is 13.2. The normalized spacial score (nSPS) is 27.6. The summed E-state index contributed by atoms with van der Waals surface area (Å²) < 4.78 is 27.8. The average Bonchev–Trinajstić information content (AvgIpc) is 3.42. The molecule has 4 aliphatic rings. The summed E-state index contributed by atoms with van der Waals surface area (Å²) in [4.78, 5) is 61.6. The minimum atomic E-state index is -2.07. The molecular formula is C35H36O14. The van der Waals surface area contributed by atoms with Crippen LogP contribution in [0.15, 0.2) is 54.3 Å². The number of hydrogen-bond donors (Lipinski definition) is 4. The second-order valence-corrected chi connectivity index (χ2v) is 12.9. The van der Waals surface area contributed by atoms with Crippen molar-refractivity contribution in [2.45, 2.75) is 80.9 Å². The minimum absolute atomic E-state index is 0.0665. The van der Waals surface area contributed by atoms with Crippen molar-refractivity contribution in [2.75, 3.05) is 7.11 Å². The van der Waals surface area contributed by atoms with Crippen LogP contribution in [0.3, 0.4) is 0 Å². The molecule has 2 aromatic carbocycles. The number of methoxy groups -OCH3 is 1.